The predicted molar refractivity (Wildman–Crippen MR) is 144 cm³/mol. The first-order chi connectivity index (χ1) is 17.5. The van der Waals surface area contributed by atoms with Crippen molar-refractivity contribution in [3.05, 3.63) is 78.9 Å². The van der Waals surface area contributed by atoms with Gasteiger partial charge in [0.25, 0.3) is 0 Å². The lowest BCUT2D eigenvalue weighted by atomic mass is 10.1. The molecule has 0 saturated carbocycles. The largest absolute Gasteiger partial charge is 0.514 e. The van der Waals surface area contributed by atoms with Gasteiger partial charge in [-0.2, -0.15) is 0 Å². The number of hydrogen-bond donors (Lipinski definition) is 0. The van der Waals surface area contributed by atoms with Gasteiger partial charge < -0.3 is 18.9 Å². The van der Waals surface area contributed by atoms with E-state index >= 15 is 0 Å². The molecule has 3 rings (SSSR count). The summed E-state index contributed by atoms with van der Waals surface area (Å²) in [7, 11) is -0.435. The second-order valence-electron chi connectivity index (χ2n) is 9.70. The lowest BCUT2D eigenvalue weighted by Gasteiger charge is -2.22. The van der Waals surface area contributed by atoms with E-state index in [-0.39, 0.29) is 0 Å². The fourth-order valence-electron chi connectivity index (χ4n) is 3.08. The fraction of sp³-hybridized carbons (Fsp3) is 0.333. The van der Waals surface area contributed by atoms with Crippen LogP contribution in [-0.2, 0) is 20.4 Å². The molecule has 3 aromatic rings. The fourth-order valence-corrected chi connectivity index (χ4v) is 5.14. The second-order valence-corrected chi connectivity index (χ2v) is 11.7. The monoisotopic (exact) mass is 523 g/mol. The Morgan fingerprint density at radius 2 is 0.946 bits per heavy atom. The van der Waals surface area contributed by atoms with Gasteiger partial charge in [-0.1, -0.05) is 32.0 Å². The van der Waals surface area contributed by atoms with Crippen molar-refractivity contribution in [2.45, 2.75) is 80.3 Å². The van der Waals surface area contributed by atoms with Crippen molar-refractivity contribution in [3.8, 4) is 11.5 Å². The number of hydrogen-bond acceptors (Lipinski definition) is 6. The molecule has 0 fully saturated rings. The van der Waals surface area contributed by atoms with Gasteiger partial charge >= 0.3 is 12.3 Å². The Morgan fingerprint density at radius 3 is 1.30 bits per heavy atom. The first-order valence-corrected chi connectivity index (χ1v) is 13.6. The first kappa shape index (κ1) is 28.1. The number of ether oxygens (including phenoxy) is 4. The van der Waals surface area contributed by atoms with Crippen LogP contribution in [0, 0.1) is 0 Å². The van der Waals surface area contributed by atoms with Gasteiger partial charge in [-0.15, -0.1) is 0 Å². The molecule has 0 spiro atoms. The van der Waals surface area contributed by atoms with Crippen molar-refractivity contribution in [3.63, 3.8) is 0 Å². The zero-order valence-corrected chi connectivity index (χ0v) is 23.1. The zero-order valence-electron chi connectivity index (χ0n) is 22.3. The molecule has 0 aliphatic heterocycles. The van der Waals surface area contributed by atoms with Gasteiger partial charge in [-0.25, -0.2) is 9.59 Å². The summed E-state index contributed by atoms with van der Waals surface area (Å²) in [5.74, 6) is 0.823. The van der Waals surface area contributed by atoms with Crippen LogP contribution in [0.5, 0.6) is 11.5 Å². The van der Waals surface area contributed by atoms with Crippen molar-refractivity contribution >= 4 is 23.2 Å². The molecule has 0 saturated heterocycles. The van der Waals surface area contributed by atoms with E-state index in [0.717, 1.165) is 14.7 Å². The lowest BCUT2D eigenvalue weighted by molar-refractivity contribution is 0.00590. The van der Waals surface area contributed by atoms with E-state index in [4.69, 9.17) is 18.9 Å². The molecular formula is C30H35O6S+. The topological polar surface area (TPSA) is 71.1 Å². The van der Waals surface area contributed by atoms with Crippen LogP contribution in [-0.4, -0.2) is 23.5 Å². The van der Waals surface area contributed by atoms with Crippen LogP contribution < -0.4 is 9.47 Å². The molecule has 37 heavy (non-hydrogen) atoms. The number of rotatable bonds is 9. The van der Waals surface area contributed by atoms with E-state index in [2.05, 4.69) is 12.1 Å². The summed E-state index contributed by atoms with van der Waals surface area (Å²) in [5, 5.41) is 0. The van der Waals surface area contributed by atoms with Crippen molar-refractivity contribution in [1.82, 2.24) is 0 Å². The molecule has 0 aliphatic carbocycles. The van der Waals surface area contributed by atoms with E-state index in [9.17, 15) is 9.59 Å². The molecule has 0 amide bonds. The second kappa shape index (κ2) is 12.2. The molecule has 0 unspecified atom stereocenters. The van der Waals surface area contributed by atoms with Gasteiger partial charge in [0.1, 0.15) is 22.7 Å². The zero-order chi connectivity index (χ0) is 27.1. The summed E-state index contributed by atoms with van der Waals surface area (Å²) >= 11 is 0. The molecule has 0 N–H and O–H groups in total. The van der Waals surface area contributed by atoms with Gasteiger partial charge in [0.15, 0.2) is 14.7 Å². The average Bonchev–Trinajstić information content (AvgIpc) is 2.86. The van der Waals surface area contributed by atoms with Crippen LogP contribution in [0.25, 0.3) is 0 Å². The normalized spacial score (nSPS) is 11.6. The molecule has 0 aromatic heterocycles. The van der Waals surface area contributed by atoms with Crippen LogP contribution in [0.4, 0.5) is 9.59 Å². The van der Waals surface area contributed by atoms with Gasteiger partial charge in [-0.3, -0.25) is 0 Å². The van der Waals surface area contributed by atoms with Crippen LogP contribution in [0.2, 0.25) is 0 Å². The van der Waals surface area contributed by atoms with Crippen LogP contribution in [0.3, 0.4) is 0 Å². The summed E-state index contributed by atoms with van der Waals surface area (Å²) in [6.07, 6.45) is -0.0816. The SMILES string of the molecule is CCC(C)(C)OC(=O)Oc1ccc([S+](c2ccccc2)c2ccc(OC(=O)OC(C)(C)CC)cc2)cc1. The molecule has 0 atom stereocenters. The molecule has 0 aliphatic rings. The smallest absolute Gasteiger partial charge is 0.428 e. The van der Waals surface area contributed by atoms with Crippen LogP contribution in [0.1, 0.15) is 54.4 Å². The Balaban J connectivity index is 1.79. The molecule has 0 bridgehead atoms. The van der Waals surface area contributed by atoms with E-state index < -0.39 is 34.4 Å². The minimum Gasteiger partial charge on any atom is -0.428 e. The minimum absolute atomic E-state index is 0.412. The first-order valence-electron chi connectivity index (χ1n) is 12.3. The van der Waals surface area contributed by atoms with E-state index in [1.165, 1.54) is 0 Å². The third-order valence-corrected chi connectivity index (χ3v) is 8.15. The van der Waals surface area contributed by atoms with Gasteiger partial charge in [-0.05, 0) is 101 Å². The minimum atomic E-state index is -0.724. The van der Waals surface area contributed by atoms with E-state index in [1.807, 2.05) is 84.0 Å². The summed E-state index contributed by atoms with van der Waals surface area (Å²) in [4.78, 5) is 27.5. The summed E-state index contributed by atoms with van der Waals surface area (Å²) in [6, 6.07) is 25.0. The number of carbonyl (C=O) groups is 2. The summed E-state index contributed by atoms with van der Waals surface area (Å²) in [6.45, 7) is 11.3. The Hall–Kier alpha value is -3.45. The van der Waals surface area contributed by atoms with Gasteiger partial charge in [0, 0.05) is 0 Å². The van der Waals surface area contributed by atoms with Crippen molar-refractivity contribution in [2.75, 3.05) is 0 Å². The average molecular weight is 524 g/mol. The van der Waals surface area contributed by atoms with Crippen LogP contribution in [0.15, 0.2) is 93.5 Å². The van der Waals surface area contributed by atoms with Gasteiger partial charge in [0.2, 0.25) is 0 Å². The third kappa shape index (κ3) is 8.29. The molecule has 0 radical (unpaired) electrons. The molecule has 196 valence electrons. The molecule has 7 heteroatoms. The standard InChI is InChI=1S/C30H35O6S/c1-7-29(3,4)35-27(31)33-22-14-18-25(19-15-22)37(24-12-10-9-11-13-24)26-20-16-23(17-21-26)34-28(32)36-30(5,6)8-2/h9-21H,7-8H2,1-6H3/q+1. The summed E-state index contributed by atoms with van der Waals surface area (Å²) in [5.41, 5.74) is -1.18. The highest BCUT2D eigenvalue weighted by molar-refractivity contribution is 7.97. The van der Waals surface area contributed by atoms with Crippen LogP contribution >= 0.6 is 0 Å². The highest BCUT2D eigenvalue weighted by Crippen LogP contribution is 2.33. The Morgan fingerprint density at radius 1 is 0.595 bits per heavy atom. The Kier molecular flexibility index (Phi) is 9.27. The number of benzene rings is 3. The third-order valence-electron chi connectivity index (χ3n) is 5.92. The van der Waals surface area contributed by atoms with Crippen molar-refractivity contribution < 1.29 is 28.5 Å². The van der Waals surface area contributed by atoms with Crippen molar-refractivity contribution in [1.29, 1.82) is 0 Å². The quantitative estimate of drug-likeness (QED) is 0.160. The Labute approximate surface area is 222 Å². The molecular weight excluding hydrogens is 488 g/mol. The molecule has 6 nitrogen and oxygen atoms in total. The maximum Gasteiger partial charge on any atom is 0.514 e. The maximum atomic E-state index is 12.2. The number of carbonyl (C=O) groups excluding carboxylic acids is 2. The highest BCUT2D eigenvalue weighted by Gasteiger charge is 2.29. The predicted octanol–water partition coefficient (Wildman–Crippen LogP) is 8.19. The molecule has 3 aromatic carbocycles. The lowest BCUT2D eigenvalue weighted by Crippen LogP contribution is -2.28. The maximum absolute atomic E-state index is 12.2. The van der Waals surface area contributed by atoms with Gasteiger partial charge in [0.05, 0.1) is 10.9 Å². The van der Waals surface area contributed by atoms with E-state index in [1.54, 1.807) is 24.3 Å². The highest BCUT2D eigenvalue weighted by atomic mass is 32.2. The van der Waals surface area contributed by atoms with E-state index in [0.29, 0.717) is 24.3 Å². The summed E-state index contributed by atoms with van der Waals surface area (Å²) < 4.78 is 21.5. The Bertz CT molecular complexity index is 1100. The van der Waals surface area contributed by atoms with Crippen molar-refractivity contribution in [2.24, 2.45) is 0 Å². The molecule has 0 heterocycles.